The predicted octanol–water partition coefficient (Wildman–Crippen LogP) is 2.37. The Morgan fingerprint density at radius 3 is 2.11 bits per heavy atom. The lowest BCUT2D eigenvalue weighted by atomic mass is 10.1. The maximum atomic E-state index is 12.0. The van der Waals surface area contributed by atoms with Crippen LogP contribution in [0.4, 0.5) is 0 Å². The molecule has 0 aliphatic heterocycles. The van der Waals surface area contributed by atoms with Crippen LogP contribution in [0.2, 0.25) is 0 Å². The zero-order chi connectivity index (χ0) is 14.1. The molecule has 0 spiro atoms. The molecule has 0 saturated carbocycles. The van der Waals surface area contributed by atoms with Gasteiger partial charge in [0, 0.05) is 5.69 Å². The highest BCUT2D eigenvalue weighted by Crippen LogP contribution is 2.21. The van der Waals surface area contributed by atoms with Crippen LogP contribution in [0.25, 0.3) is 0 Å². The van der Waals surface area contributed by atoms with E-state index in [1.54, 1.807) is 34.6 Å². The SMILES string of the molecule is COC(=O)c1c(C)[nH]c(C(=O)OC(C)(C)C)c1C. The van der Waals surface area contributed by atoms with Gasteiger partial charge < -0.3 is 14.5 Å². The second kappa shape index (κ2) is 4.84. The number of nitrogens with one attached hydrogen (secondary N) is 1. The second-order valence-electron chi connectivity index (χ2n) is 5.12. The van der Waals surface area contributed by atoms with Gasteiger partial charge in [-0.1, -0.05) is 0 Å². The summed E-state index contributed by atoms with van der Waals surface area (Å²) < 4.78 is 9.94. The lowest BCUT2D eigenvalue weighted by Gasteiger charge is -2.19. The monoisotopic (exact) mass is 253 g/mol. The first kappa shape index (κ1) is 14.3. The number of carbonyl (C=O) groups excluding carboxylic acids is 2. The fourth-order valence-electron chi connectivity index (χ4n) is 1.69. The molecule has 0 aromatic carbocycles. The molecule has 1 N–H and O–H groups in total. The lowest BCUT2D eigenvalue weighted by Crippen LogP contribution is -2.24. The molecular weight excluding hydrogens is 234 g/mol. The molecule has 0 unspecified atom stereocenters. The van der Waals surface area contributed by atoms with Gasteiger partial charge in [0.25, 0.3) is 0 Å². The third-order valence-electron chi connectivity index (χ3n) is 2.43. The Morgan fingerprint density at radius 2 is 1.67 bits per heavy atom. The van der Waals surface area contributed by atoms with Crippen molar-refractivity contribution in [1.82, 2.24) is 4.98 Å². The average molecular weight is 253 g/mol. The molecule has 100 valence electrons. The van der Waals surface area contributed by atoms with E-state index in [4.69, 9.17) is 4.74 Å². The zero-order valence-electron chi connectivity index (χ0n) is 11.6. The highest BCUT2D eigenvalue weighted by molar-refractivity contribution is 5.98. The van der Waals surface area contributed by atoms with E-state index in [9.17, 15) is 9.59 Å². The van der Waals surface area contributed by atoms with E-state index in [1.807, 2.05) is 0 Å². The van der Waals surface area contributed by atoms with E-state index in [-0.39, 0.29) is 0 Å². The molecule has 5 nitrogen and oxygen atoms in total. The van der Waals surface area contributed by atoms with Gasteiger partial charge >= 0.3 is 11.9 Å². The number of ether oxygens (including phenoxy) is 2. The molecule has 0 aliphatic carbocycles. The van der Waals surface area contributed by atoms with Gasteiger partial charge in [-0.05, 0) is 40.2 Å². The van der Waals surface area contributed by atoms with Gasteiger partial charge in [-0.15, -0.1) is 0 Å². The largest absolute Gasteiger partial charge is 0.465 e. The number of carbonyl (C=O) groups is 2. The summed E-state index contributed by atoms with van der Waals surface area (Å²) in [6, 6.07) is 0. The number of methoxy groups -OCH3 is 1. The normalized spacial score (nSPS) is 11.2. The third kappa shape index (κ3) is 2.91. The average Bonchev–Trinajstić information content (AvgIpc) is 2.51. The maximum absolute atomic E-state index is 12.0. The third-order valence-corrected chi connectivity index (χ3v) is 2.43. The molecule has 5 heteroatoms. The van der Waals surface area contributed by atoms with Gasteiger partial charge in [0.1, 0.15) is 11.3 Å². The summed E-state index contributed by atoms with van der Waals surface area (Å²) in [5.74, 6) is -0.936. The molecule has 0 radical (unpaired) electrons. The molecule has 0 aliphatic rings. The Labute approximate surface area is 106 Å². The van der Waals surface area contributed by atoms with Crippen molar-refractivity contribution in [2.45, 2.75) is 40.2 Å². The van der Waals surface area contributed by atoms with Gasteiger partial charge in [-0.3, -0.25) is 0 Å². The van der Waals surface area contributed by atoms with Crippen LogP contribution in [-0.4, -0.2) is 29.6 Å². The summed E-state index contributed by atoms with van der Waals surface area (Å²) in [5.41, 5.74) is 1.25. The van der Waals surface area contributed by atoms with Crippen LogP contribution in [0.15, 0.2) is 0 Å². The van der Waals surface area contributed by atoms with Crippen LogP contribution < -0.4 is 0 Å². The summed E-state index contributed by atoms with van der Waals surface area (Å²) in [5, 5.41) is 0. The van der Waals surface area contributed by atoms with E-state index in [1.165, 1.54) is 7.11 Å². The minimum atomic E-state index is -0.575. The van der Waals surface area contributed by atoms with Crippen molar-refractivity contribution >= 4 is 11.9 Å². The lowest BCUT2D eigenvalue weighted by molar-refractivity contribution is 0.00626. The van der Waals surface area contributed by atoms with Crippen molar-refractivity contribution in [2.75, 3.05) is 7.11 Å². The number of hydrogen-bond donors (Lipinski definition) is 1. The van der Waals surface area contributed by atoms with Crippen molar-refractivity contribution in [1.29, 1.82) is 0 Å². The number of aromatic amines is 1. The Hall–Kier alpha value is -1.78. The van der Waals surface area contributed by atoms with E-state index in [0.717, 1.165) is 0 Å². The Kier molecular flexibility index (Phi) is 3.84. The molecule has 1 aromatic heterocycles. The van der Waals surface area contributed by atoms with Gasteiger partial charge in [0.05, 0.1) is 12.7 Å². The summed E-state index contributed by atoms with van der Waals surface area (Å²) in [4.78, 5) is 26.4. The van der Waals surface area contributed by atoms with Crippen LogP contribution in [0, 0.1) is 13.8 Å². The van der Waals surface area contributed by atoms with Crippen molar-refractivity contribution in [2.24, 2.45) is 0 Å². The molecule has 1 aromatic rings. The quantitative estimate of drug-likeness (QED) is 0.821. The van der Waals surface area contributed by atoms with E-state index in [2.05, 4.69) is 9.72 Å². The van der Waals surface area contributed by atoms with Gasteiger partial charge in [0.2, 0.25) is 0 Å². The first-order valence-electron chi connectivity index (χ1n) is 5.68. The number of rotatable bonds is 2. The Balaban J connectivity index is 3.13. The zero-order valence-corrected chi connectivity index (χ0v) is 11.6. The van der Waals surface area contributed by atoms with Crippen molar-refractivity contribution in [3.8, 4) is 0 Å². The molecule has 18 heavy (non-hydrogen) atoms. The maximum Gasteiger partial charge on any atom is 0.355 e. The number of hydrogen-bond acceptors (Lipinski definition) is 4. The molecule has 1 heterocycles. The molecule has 0 fully saturated rings. The first-order valence-corrected chi connectivity index (χ1v) is 5.68. The van der Waals surface area contributed by atoms with Crippen LogP contribution >= 0.6 is 0 Å². The van der Waals surface area contributed by atoms with E-state index >= 15 is 0 Å². The van der Waals surface area contributed by atoms with Gasteiger partial charge in [-0.25, -0.2) is 9.59 Å². The number of aromatic nitrogens is 1. The fraction of sp³-hybridized carbons (Fsp3) is 0.538. The van der Waals surface area contributed by atoms with Gasteiger partial charge in [0.15, 0.2) is 0 Å². The fourth-order valence-corrected chi connectivity index (χ4v) is 1.69. The number of H-pyrrole nitrogens is 1. The van der Waals surface area contributed by atoms with Crippen LogP contribution in [-0.2, 0) is 9.47 Å². The number of esters is 2. The van der Waals surface area contributed by atoms with Crippen molar-refractivity contribution < 1.29 is 19.1 Å². The van der Waals surface area contributed by atoms with Crippen LogP contribution in [0.1, 0.15) is 52.9 Å². The Morgan fingerprint density at radius 1 is 1.11 bits per heavy atom. The van der Waals surface area contributed by atoms with Crippen LogP contribution in [0.3, 0.4) is 0 Å². The van der Waals surface area contributed by atoms with E-state index < -0.39 is 17.5 Å². The first-order chi connectivity index (χ1) is 8.17. The molecule has 0 amide bonds. The standard InChI is InChI=1S/C13H19NO4/c1-7-9(11(15)17-6)8(2)14-10(7)12(16)18-13(3,4)5/h14H,1-6H3. The molecule has 0 saturated heterocycles. The summed E-state index contributed by atoms with van der Waals surface area (Å²) in [7, 11) is 1.31. The van der Waals surface area contributed by atoms with Crippen LogP contribution in [0.5, 0.6) is 0 Å². The number of aryl methyl sites for hydroxylation is 1. The van der Waals surface area contributed by atoms with Crippen molar-refractivity contribution in [3.63, 3.8) is 0 Å². The van der Waals surface area contributed by atoms with Crippen molar-refractivity contribution in [3.05, 3.63) is 22.5 Å². The Bertz CT molecular complexity index is 480. The second-order valence-corrected chi connectivity index (χ2v) is 5.12. The smallest absolute Gasteiger partial charge is 0.355 e. The topological polar surface area (TPSA) is 68.4 Å². The molecule has 0 atom stereocenters. The summed E-state index contributed by atoms with van der Waals surface area (Å²) in [6.07, 6.45) is 0. The van der Waals surface area contributed by atoms with E-state index in [0.29, 0.717) is 22.5 Å². The minimum Gasteiger partial charge on any atom is -0.465 e. The molecular formula is C13H19NO4. The minimum absolute atomic E-state index is 0.294. The highest BCUT2D eigenvalue weighted by Gasteiger charge is 2.26. The molecule has 1 rings (SSSR count). The summed E-state index contributed by atoms with van der Waals surface area (Å²) >= 11 is 0. The predicted molar refractivity (Wildman–Crippen MR) is 66.8 cm³/mol. The van der Waals surface area contributed by atoms with Gasteiger partial charge in [-0.2, -0.15) is 0 Å². The highest BCUT2D eigenvalue weighted by atomic mass is 16.6. The summed E-state index contributed by atoms with van der Waals surface area (Å²) in [6.45, 7) is 8.77. The molecule has 0 bridgehead atoms.